The summed E-state index contributed by atoms with van der Waals surface area (Å²) < 4.78 is 14.6. The van der Waals surface area contributed by atoms with E-state index in [0.29, 0.717) is 16.4 Å². The molecular weight excluding hydrogens is 402 g/mol. The summed E-state index contributed by atoms with van der Waals surface area (Å²) in [4.78, 5) is 2.56. The normalized spacial score (nSPS) is 21.1. The summed E-state index contributed by atoms with van der Waals surface area (Å²) >= 11 is 3.27. The number of nitrogens with one attached hydrogen (secondary N) is 1. The van der Waals surface area contributed by atoms with Gasteiger partial charge in [0.25, 0.3) is 0 Å². The topological polar surface area (TPSA) is 15.3 Å². The molecule has 0 spiro atoms. The third-order valence-electron chi connectivity index (χ3n) is 4.93. The lowest BCUT2D eigenvalue weighted by Crippen LogP contribution is -2.47. The Kier molecular flexibility index (Phi) is 9.39. The van der Waals surface area contributed by atoms with E-state index in [1.165, 1.54) is 32.1 Å². The summed E-state index contributed by atoms with van der Waals surface area (Å²) in [6.07, 6.45) is 6.58. The summed E-state index contributed by atoms with van der Waals surface area (Å²) in [5.74, 6) is 0.542. The highest BCUT2D eigenvalue weighted by molar-refractivity contribution is 9.10. The van der Waals surface area contributed by atoms with Gasteiger partial charge in [-0.3, -0.25) is 4.90 Å². The minimum atomic E-state index is -0.136. The first-order chi connectivity index (χ1) is 10.3. The highest BCUT2D eigenvalue weighted by Gasteiger charge is 2.31. The second kappa shape index (κ2) is 10.2. The molecule has 0 amide bonds. The van der Waals surface area contributed by atoms with Crippen LogP contribution in [0.15, 0.2) is 22.7 Å². The summed E-state index contributed by atoms with van der Waals surface area (Å²) in [5, 5.41) is 3.42. The summed E-state index contributed by atoms with van der Waals surface area (Å²) in [6.45, 7) is 4.22. The van der Waals surface area contributed by atoms with Crippen molar-refractivity contribution in [3.05, 3.63) is 34.1 Å². The first kappa shape index (κ1) is 21.2. The maximum Gasteiger partial charge on any atom is 0.137 e. The van der Waals surface area contributed by atoms with Crippen molar-refractivity contribution in [3.8, 4) is 0 Å². The molecule has 3 rings (SSSR count). The molecule has 132 valence electrons. The monoisotopic (exact) mass is 426 g/mol. The third-order valence-corrected chi connectivity index (χ3v) is 5.57. The van der Waals surface area contributed by atoms with Crippen LogP contribution >= 0.6 is 40.7 Å². The number of hydrogen-bond donors (Lipinski definition) is 1. The quantitative estimate of drug-likeness (QED) is 0.733. The maximum atomic E-state index is 14.0. The molecule has 1 aliphatic heterocycles. The number of benzene rings is 1. The van der Waals surface area contributed by atoms with Crippen LogP contribution in [0.3, 0.4) is 0 Å². The molecule has 1 aliphatic carbocycles. The summed E-state index contributed by atoms with van der Waals surface area (Å²) in [6, 6.07) is 6.10. The van der Waals surface area contributed by atoms with E-state index in [1.807, 2.05) is 6.07 Å². The van der Waals surface area contributed by atoms with Crippen molar-refractivity contribution in [2.75, 3.05) is 26.2 Å². The third kappa shape index (κ3) is 5.30. The molecule has 1 atom stereocenters. The molecule has 0 radical (unpaired) electrons. The second-order valence-electron chi connectivity index (χ2n) is 6.30. The Hall–Kier alpha value is 0.130. The Labute approximate surface area is 159 Å². The van der Waals surface area contributed by atoms with Gasteiger partial charge in [-0.1, -0.05) is 25.3 Å². The van der Waals surface area contributed by atoms with Crippen molar-refractivity contribution in [3.63, 3.8) is 0 Å². The predicted molar refractivity (Wildman–Crippen MR) is 102 cm³/mol. The van der Waals surface area contributed by atoms with Gasteiger partial charge in [-0.2, -0.15) is 0 Å². The lowest BCUT2D eigenvalue weighted by Gasteiger charge is -2.41. The van der Waals surface area contributed by atoms with Crippen molar-refractivity contribution in [2.24, 2.45) is 5.92 Å². The van der Waals surface area contributed by atoms with E-state index < -0.39 is 0 Å². The fraction of sp³-hybridized carbons (Fsp3) is 0.647. The maximum absolute atomic E-state index is 14.0. The number of rotatable bonds is 3. The first-order valence-corrected chi connectivity index (χ1v) is 8.95. The average molecular weight is 428 g/mol. The van der Waals surface area contributed by atoms with Gasteiger partial charge >= 0.3 is 0 Å². The Morgan fingerprint density at radius 2 is 1.74 bits per heavy atom. The molecule has 6 heteroatoms. The Morgan fingerprint density at radius 1 is 1.09 bits per heavy atom. The van der Waals surface area contributed by atoms with Gasteiger partial charge < -0.3 is 5.32 Å². The van der Waals surface area contributed by atoms with E-state index in [9.17, 15) is 4.39 Å². The molecule has 1 aromatic rings. The molecule has 2 aliphatic rings. The highest BCUT2D eigenvalue weighted by atomic mass is 79.9. The van der Waals surface area contributed by atoms with Crippen LogP contribution in [0.1, 0.15) is 43.7 Å². The van der Waals surface area contributed by atoms with Crippen LogP contribution in [0.4, 0.5) is 4.39 Å². The van der Waals surface area contributed by atoms with Gasteiger partial charge in [-0.05, 0) is 52.4 Å². The van der Waals surface area contributed by atoms with Gasteiger partial charge in [0.05, 0.1) is 4.47 Å². The Balaban J connectivity index is 0.00000132. The fourth-order valence-electron chi connectivity index (χ4n) is 3.89. The standard InChI is InChI=1S/C17H24BrFN2.2ClH/c18-15-7-6-14(12-16(15)19)17(13-4-2-1-3-5-13)21-10-8-20-9-11-21;;/h6-7,12-13,17,20H,1-5,8-11H2;2*1H/t17-;;/m1../s1. The van der Waals surface area contributed by atoms with E-state index in [4.69, 9.17) is 0 Å². The van der Waals surface area contributed by atoms with Gasteiger partial charge in [0.15, 0.2) is 0 Å². The van der Waals surface area contributed by atoms with Gasteiger partial charge in [0.1, 0.15) is 5.82 Å². The van der Waals surface area contributed by atoms with E-state index in [2.05, 4.69) is 32.2 Å². The smallest absolute Gasteiger partial charge is 0.137 e. The first-order valence-electron chi connectivity index (χ1n) is 8.15. The van der Waals surface area contributed by atoms with Crippen LogP contribution in [0.5, 0.6) is 0 Å². The minimum absolute atomic E-state index is 0. The number of halogens is 4. The molecule has 1 heterocycles. The van der Waals surface area contributed by atoms with Gasteiger partial charge in [-0.15, -0.1) is 24.8 Å². The van der Waals surface area contributed by atoms with Crippen LogP contribution in [0.2, 0.25) is 0 Å². The van der Waals surface area contributed by atoms with Gasteiger partial charge in [0, 0.05) is 32.2 Å². The van der Waals surface area contributed by atoms with Gasteiger partial charge in [0.2, 0.25) is 0 Å². The van der Waals surface area contributed by atoms with Crippen LogP contribution < -0.4 is 5.32 Å². The molecule has 1 saturated carbocycles. The average Bonchev–Trinajstić information content (AvgIpc) is 2.53. The SMILES string of the molecule is Cl.Cl.Fc1cc([C@@H](C2CCCCC2)N2CCNCC2)ccc1Br. The molecule has 0 unspecified atom stereocenters. The molecule has 1 saturated heterocycles. The summed E-state index contributed by atoms with van der Waals surface area (Å²) in [7, 11) is 0. The van der Waals surface area contributed by atoms with Crippen molar-refractivity contribution in [2.45, 2.75) is 38.1 Å². The zero-order chi connectivity index (χ0) is 14.7. The number of piperazine rings is 1. The van der Waals surface area contributed by atoms with Crippen LogP contribution in [-0.4, -0.2) is 31.1 Å². The molecular formula is C17H26BrCl2FN2. The molecule has 23 heavy (non-hydrogen) atoms. The van der Waals surface area contributed by atoms with Crippen LogP contribution in [0.25, 0.3) is 0 Å². The number of hydrogen-bond acceptors (Lipinski definition) is 2. The Bertz CT molecular complexity index is 460. The highest BCUT2D eigenvalue weighted by Crippen LogP contribution is 2.39. The minimum Gasteiger partial charge on any atom is -0.314 e. The fourth-order valence-corrected chi connectivity index (χ4v) is 4.13. The van der Waals surface area contributed by atoms with Crippen LogP contribution in [0, 0.1) is 11.7 Å². The van der Waals surface area contributed by atoms with Gasteiger partial charge in [-0.25, -0.2) is 4.39 Å². The largest absolute Gasteiger partial charge is 0.314 e. The predicted octanol–water partition coefficient (Wildman–Crippen LogP) is 4.96. The van der Waals surface area contributed by atoms with E-state index in [-0.39, 0.29) is 30.6 Å². The van der Waals surface area contributed by atoms with E-state index >= 15 is 0 Å². The number of nitrogens with zero attached hydrogens (tertiary/aromatic N) is 1. The van der Waals surface area contributed by atoms with Crippen molar-refractivity contribution in [1.82, 2.24) is 10.2 Å². The van der Waals surface area contributed by atoms with E-state index in [1.54, 1.807) is 6.07 Å². The molecule has 0 bridgehead atoms. The molecule has 1 N–H and O–H groups in total. The molecule has 1 aromatic carbocycles. The lowest BCUT2D eigenvalue weighted by molar-refractivity contribution is 0.103. The molecule has 2 nitrogen and oxygen atoms in total. The van der Waals surface area contributed by atoms with E-state index in [0.717, 1.165) is 31.7 Å². The van der Waals surface area contributed by atoms with Crippen molar-refractivity contribution < 1.29 is 4.39 Å². The lowest BCUT2D eigenvalue weighted by atomic mass is 9.80. The zero-order valence-corrected chi connectivity index (χ0v) is 16.5. The second-order valence-corrected chi connectivity index (χ2v) is 7.16. The van der Waals surface area contributed by atoms with Crippen LogP contribution in [-0.2, 0) is 0 Å². The zero-order valence-electron chi connectivity index (χ0n) is 13.3. The Morgan fingerprint density at radius 3 is 2.35 bits per heavy atom. The molecule has 0 aromatic heterocycles. The molecule has 2 fully saturated rings. The van der Waals surface area contributed by atoms with Crippen molar-refractivity contribution >= 4 is 40.7 Å². The summed E-state index contributed by atoms with van der Waals surface area (Å²) in [5.41, 5.74) is 1.16. The van der Waals surface area contributed by atoms with Crippen molar-refractivity contribution in [1.29, 1.82) is 0 Å².